The molecule has 23 heavy (non-hydrogen) atoms. The number of carbonyl (C=O) groups excluding carboxylic acids is 1. The number of halogens is 1. The fourth-order valence-electron chi connectivity index (χ4n) is 2.52. The quantitative estimate of drug-likeness (QED) is 0.780. The first-order valence-electron chi connectivity index (χ1n) is 7.46. The SMILES string of the molecule is CCCOc1c(Br)cc(CN2CC(C(=O)O)CC2=O)cc1OC. The largest absolute Gasteiger partial charge is 0.493 e. The number of aliphatic carboxylic acids is 1. The molecule has 1 N–H and O–H groups in total. The monoisotopic (exact) mass is 385 g/mol. The number of hydrogen-bond donors (Lipinski definition) is 1. The average molecular weight is 386 g/mol. The number of nitrogens with zero attached hydrogens (tertiary/aromatic N) is 1. The third-order valence-corrected chi connectivity index (χ3v) is 4.27. The zero-order chi connectivity index (χ0) is 17.0. The van der Waals surface area contributed by atoms with Crippen LogP contribution in [0.1, 0.15) is 25.3 Å². The van der Waals surface area contributed by atoms with Crippen molar-refractivity contribution in [3.63, 3.8) is 0 Å². The molecule has 0 bridgehead atoms. The molecule has 1 aromatic rings. The predicted molar refractivity (Wildman–Crippen MR) is 87.6 cm³/mol. The Morgan fingerprint density at radius 1 is 1.48 bits per heavy atom. The van der Waals surface area contributed by atoms with Gasteiger partial charge in [-0.05, 0) is 40.0 Å². The molecular formula is C16H20BrNO5. The first kappa shape index (κ1) is 17.6. The van der Waals surface area contributed by atoms with Crippen molar-refractivity contribution in [3.05, 3.63) is 22.2 Å². The van der Waals surface area contributed by atoms with E-state index in [1.165, 1.54) is 0 Å². The third-order valence-electron chi connectivity index (χ3n) is 3.68. The standard InChI is InChI=1S/C16H20BrNO5/c1-3-4-23-15-12(17)5-10(6-13(15)22-2)8-18-9-11(16(20)21)7-14(18)19/h5-6,11H,3-4,7-9H2,1-2H3,(H,20,21). The molecule has 1 amide bonds. The zero-order valence-corrected chi connectivity index (χ0v) is 14.8. The van der Waals surface area contributed by atoms with Crippen molar-refractivity contribution >= 4 is 27.8 Å². The molecule has 1 unspecified atom stereocenters. The molecule has 1 fully saturated rings. The summed E-state index contributed by atoms with van der Waals surface area (Å²) in [4.78, 5) is 24.5. The number of amides is 1. The van der Waals surface area contributed by atoms with Crippen LogP contribution in [-0.2, 0) is 16.1 Å². The van der Waals surface area contributed by atoms with Crippen molar-refractivity contribution in [1.82, 2.24) is 4.90 Å². The van der Waals surface area contributed by atoms with E-state index in [0.29, 0.717) is 24.7 Å². The second-order valence-electron chi connectivity index (χ2n) is 5.47. The summed E-state index contributed by atoms with van der Waals surface area (Å²) < 4.78 is 11.8. The highest BCUT2D eigenvalue weighted by Crippen LogP contribution is 2.37. The van der Waals surface area contributed by atoms with Gasteiger partial charge in [0.15, 0.2) is 11.5 Å². The minimum absolute atomic E-state index is 0.0608. The maximum absolute atomic E-state index is 11.9. The molecule has 1 aliphatic rings. The summed E-state index contributed by atoms with van der Waals surface area (Å²) in [5, 5.41) is 9.04. The predicted octanol–water partition coefficient (Wildman–Crippen LogP) is 2.68. The lowest BCUT2D eigenvalue weighted by atomic mass is 10.1. The summed E-state index contributed by atoms with van der Waals surface area (Å²) in [6.07, 6.45) is 0.946. The van der Waals surface area contributed by atoms with Gasteiger partial charge in [-0.3, -0.25) is 9.59 Å². The molecule has 0 radical (unpaired) electrons. The molecule has 0 saturated carbocycles. The topological polar surface area (TPSA) is 76.1 Å². The van der Waals surface area contributed by atoms with Gasteiger partial charge in [0.2, 0.25) is 5.91 Å². The number of hydrogen-bond acceptors (Lipinski definition) is 4. The fraction of sp³-hybridized carbons (Fsp3) is 0.500. The molecule has 1 atom stereocenters. The van der Waals surface area contributed by atoms with Crippen LogP contribution in [0.4, 0.5) is 0 Å². The number of methoxy groups -OCH3 is 1. The molecule has 0 aromatic heterocycles. The lowest BCUT2D eigenvalue weighted by Crippen LogP contribution is -2.25. The van der Waals surface area contributed by atoms with Crippen LogP contribution in [0.25, 0.3) is 0 Å². The summed E-state index contributed by atoms with van der Waals surface area (Å²) in [7, 11) is 1.56. The van der Waals surface area contributed by atoms with E-state index in [0.717, 1.165) is 16.5 Å². The van der Waals surface area contributed by atoms with Crippen LogP contribution in [0.5, 0.6) is 11.5 Å². The van der Waals surface area contributed by atoms with Gasteiger partial charge in [0, 0.05) is 19.5 Å². The number of ether oxygens (including phenoxy) is 2. The van der Waals surface area contributed by atoms with Gasteiger partial charge in [-0.25, -0.2) is 0 Å². The summed E-state index contributed by atoms with van der Waals surface area (Å²) in [6.45, 7) is 3.19. The van der Waals surface area contributed by atoms with Gasteiger partial charge in [-0.1, -0.05) is 6.92 Å². The van der Waals surface area contributed by atoms with Crippen LogP contribution in [-0.4, -0.2) is 42.1 Å². The number of carboxylic acids is 1. The van der Waals surface area contributed by atoms with Gasteiger partial charge in [0.05, 0.1) is 24.1 Å². The maximum atomic E-state index is 11.9. The Morgan fingerprint density at radius 2 is 2.22 bits per heavy atom. The number of likely N-dealkylation sites (tertiary alicyclic amines) is 1. The smallest absolute Gasteiger partial charge is 0.308 e. The van der Waals surface area contributed by atoms with Gasteiger partial charge in [0.1, 0.15) is 0 Å². The summed E-state index contributed by atoms with van der Waals surface area (Å²) in [6, 6.07) is 3.69. The van der Waals surface area contributed by atoms with Crippen LogP contribution >= 0.6 is 15.9 Å². The Kier molecular flexibility index (Phi) is 5.87. The van der Waals surface area contributed by atoms with E-state index < -0.39 is 11.9 Å². The van der Waals surface area contributed by atoms with E-state index in [9.17, 15) is 9.59 Å². The normalized spacial score (nSPS) is 17.4. The van der Waals surface area contributed by atoms with Gasteiger partial charge < -0.3 is 19.5 Å². The highest BCUT2D eigenvalue weighted by atomic mass is 79.9. The Balaban J connectivity index is 2.16. The first-order valence-corrected chi connectivity index (χ1v) is 8.25. The Morgan fingerprint density at radius 3 is 2.78 bits per heavy atom. The van der Waals surface area contributed by atoms with Crippen LogP contribution < -0.4 is 9.47 Å². The van der Waals surface area contributed by atoms with Gasteiger partial charge in [0.25, 0.3) is 0 Å². The minimum Gasteiger partial charge on any atom is -0.493 e. The first-order chi connectivity index (χ1) is 11.0. The Labute approximate surface area is 143 Å². The number of carboxylic acid groups (broad SMARTS) is 1. The summed E-state index contributed by atoms with van der Waals surface area (Å²) >= 11 is 3.47. The molecule has 126 valence electrons. The molecule has 1 aromatic carbocycles. The molecule has 1 heterocycles. The van der Waals surface area contributed by atoms with Crippen LogP contribution in [0, 0.1) is 5.92 Å². The van der Waals surface area contributed by atoms with E-state index in [1.54, 1.807) is 12.0 Å². The minimum atomic E-state index is -0.928. The van der Waals surface area contributed by atoms with Crippen LogP contribution in [0.3, 0.4) is 0 Å². The zero-order valence-electron chi connectivity index (χ0n) is 13.2. The van der Waals surface area contributed by atoms with Gasteiger partial charge in [-0.2, -0.15) is 0 Å². The number of benzene rings is 1. The third kappa shape index (κ3) is 4.16. The molecule has 0 spiro atoms. The van der Waals surface area contributed by atoms with E-state index in [1.807, 2.05) is 19.1 Å². The van der Waals surface area contributed by atoms with E-state index in [2.05, 4.69) is 15.9 Å². The van der Waals surface area contributed by atoms with Crippen molar-refractivity contribution in [2.45, 2.75) is 26.3 Å². The Hall–Kier alpha value is -1.76. The van der Waals surface area contributed by atoms with E-state index in [-0.39, 0.29) is 18.9 Å². The van der Waals surface area contributed by atoms with Crippen molar-refractivity contribution < 1.29 is 24.2 Å². The van der Waals surface area contributed by atoms with Crippen LogP contribution in [0.2, 0.25) is 0 Å². The summed E-state index contributed by atoms with van der Waals surface area (Å²) in [5.41, 5.74) is 0.858. The fourth-order valence-corrected chi connectivity index (χ4v) is 3.12. The highest BCUT2D eigenvalue weighted by molar-refractivity contribution is 9.10. The van der Waals surface area contributed by atoms with Gasteiger partial charge >= 0.3 is 5.97 Å². The maximum Gasteiger partial charge on any atom is 0.308 e. The lowest BCUT2D eigenvalue weighted by molar-refractivity contribution is -0.141. The number of rotatable bonds is 7. The molecule has 1 saturated heterocycles. The second kappa shape index (κ2) is 7.68. The van der Waals surface area contributed by atoms with E-state index >= 15 is 0 Å². The summed E-state index contributed by atoms with van der Waals surface area (Å²) in [5.74, 6) is -0.472. The van der Waals surface area contributed by atoms with Crippen molar-refractivity contribution in [1.29, 1.82) is 0 Å². The molecule has 7 heteroatoms. The van der Waals surface area contributed by atoms with Crippen LogP contribution in [0.15, 0.2) is 16.6 Å². The number of carbonyl (C=O) groups is 2. The van der Waals surface area contributed by atoms with E-state index in [4.69, 9.17) is 14.6 Å². The molecule has 1 aliphatic heterocycles. The van der Waals surface area contributed by atoms with Gasteiger partial charge in [-0.15, -0.1) is 0 Å². The highest BCUT2D eigenvalue weighted by Gasteiger charge is 2.34. The van der Waals surface area contributed by atoms with Crippen molar-refractivity contribution in [2.75, 3.05) is 20.3 Å². The molecule has 0 aliphatic carbocycles. The lowest BCUT2D eigenvalue weighted by Gasteiger charge is -2.18. The van der Waals surface area contributed by atoms with Crippen molar-refractivity contribution in [2.24, 2.45) is 5.92 Å². The second-order valence-corrected chi connectivity index (χ2v) is 6.33. The molecular weight excluding hydrogens is 366 g/mol. The van der Waals surface area contributed by atoms with Crippen molar-refractivity contribution in [3.8, 4) is 11.5 Å². The molecule has 6 nitrogen and oxygen atoms in total. The average Bonchev–Trinajstić information content (AvgIpc) is 2.87. The Bertz CT molecular complexity index is 604. The molecule has 2 rings (SSSR count).